The average Bonchev–Trinajstić information content (AvgIpc) is 2.95. The Balaban J connectivity index is 2.46. The molecule has 1 aromatic heterocycles. The number of imidazole rings is 1. The molecule has 0 bridgehead atoms. The van der Waals surface area contributed by atoms with Crippen LogP contribution in [0, 0.1) is 12.7 Å². The third-order valence-corrected chi connectivity index (χ3v) is 4.80. The van der Waals surface area contributed by atoms with E-state index in [0.717, 1.165) is 5.69 Å². The summed E-state index contributed by atoms with van der Waals surface area (Å²) in [6, 6.07) is 2.62. The summed E-state index contributed by atoms with van der Waals surface area (Å²) in [5.74, 6) is -0.655. The smallest absolute Gasteiger partial charge is 0.232 e. The predicted octanol–water partition coefficient (Wildman–Crippen LogP) is 2.77. The van der Waals surface area contributed by atoms with Gasteiger partial charge in [0.1, 0.15) is 5.82 Å². The predicted molar refractivity (Wildman–Crippen MR) is 80.3 cm³/mol. The number of H-pyrrole nitrogens is 1. The molecule has 2 aromatic rings. The number of nitrogens with one attached hydrogen (secondary N) is 2. The highest BCUT2D eigenvalue weighted by molar-refractivity contribution is 7.92. The molecule has 1 heterocycles. The standard InChI is InChI=1S/C14H18FN3O2S/c1-4-21(19,20)18-13-6-11(15)5-12(9(13)2)10(3)14-7-16-8-17-14/h5-8,10,18H,4H2,1-3H3,(H,16,17). The summed E-state index contributed by atoms with van der Waals surface area (Å²) in [6.45, 7) is 5.22. The molecule has 0 saturated carbocycles. The molecule has 0 amide bonds. The van der Waals surface area contributed by atoms with Gasteiger partial charge in [0.2, 0.25) is 10.0 Å². The maximum absolute atomic E-state index is 13.8. The van der Waals surface area contributed by atoms with Gasteiger partial charge in [-0.3, -0.25) is 4.72 Å². The fourth-order valence-corrected chi connectivity index (χ4v) is 2.86. The number of anilines is 1. The van der Waals surface area contributed by atoms with Crippen molar-refractivity contribution >= 4 is 15.7 Å². The van der Waals surface area contributed by atoms with Crippen LogP contribution in [-0.2, 0) is 10.0 Å². The van der Waals surface area contributed by atoms with Gasteiger partial charge in [-0.2, -0.15) is 0 Å². The molecule has 0 aliphatic rings. The average molecular weight is 311 g/mol. The van der Waals surface area contributed by atoms with Crippen molar-refractivity contribution in [2.75, 3.05) is 10.5 Å². The number of rotatable bonds is 5. The van der Waals surface area contributed by atoms with Crippen molar-refractivity contribution in [3.05, 3.63) is 47.3 Å². The van der Waals surface area contributed by atoms with Crippen molar-refractivity contribution in [1.29, 1.82) is 0 Å². The fraction of sp³-hybridized carbons (Fsp3) is 0.357. The number of hydrogen-bond acceptors (Lipinski definition) is 3. The molecule has 1 aromatic carbocycles. The van der Waals surface area contributed by atoms with Gasteiger partial charge in [0, 0.05) is 17.8 Å². The Bertz CT molecular complexity index is 727. The van der Waals surface area contributed by atoms with E-state index in [0.29, 0.717) is 11.1 Å². The molecule has 1 atom stereocenters. The molecular weight excluding hydrogens is 293 g/mol. The lowest BCUT2D eigenvalue weighted by molar-refractivity contribution is 0.602. The quantitative estimate of drug-likeness (QED) is 0.891. The highest BCUT2D eigenvalue weighted by Gasteiger charge is 2.18. The van der Waals surface area contributed by atoms with Gasteiger partial charge in [0.15, 0.2) is 0 Å². The van der Waals surface area contributed by atoms with Crippen molar-refractivity contribution in [2.24, 2.45) is 0 Å². The van der Waals surface area contributed by atoms with E-state index < -0.39 is 15.8 Å². The molecule has 0 fully saturated rings. The first-order valence-corrected chi connectivity index (χ1v) is 8.28. The Morgan fingerprint density at radius 2 is 2.14 bits per heavy atom. The molecule has 0 spiro atoms. The highest BCUT2D eigenvalue weighted by atomic mass is 32.2. The van der Waals surface area contributed by atoms with Gasteiger partial charge in [-0.15, -0.1) is 0 Å². The number of benzene rings is 1. The van der Waals surface area contributed by atoms with E-state index in [4.69, 9.17) is 0 Å². The lowest BCUT2D eigenvalue weighted by Crippen LogP contribution is -2.16. The molecule has 21 heavy (non-hydrogen) atoms. The first-order chi connectivity index (χ1) is 9.84. The number of halogens is 1. The minimum Gasteiger partial charge on any atom is -0.348 e. The highest BCUT2D eigenvalue weighted by Crippen LogP contribution is 2.31. The number of aromatic nitrogens is 2. The van der Waals surface area contributed by atoms with E-state index >= 15 is 0 Å². The Morgan fingerprint density at radius 3 is 2.71 bits per heavy atom. The SMILES string of the molecule is CCS(=O)(=O)Nc1cc(F)cc(C(C)c2cnc[nH]2)c1C. The van der Waals surface area contributed by atoms with Crippen LogP contribution in [0.25, 0.3) is 0 Å². The van der Waals surface area contributed by atoms with Gasteiger partial charge in [-0.25, -0.2) is 17.8 Å². The summed E-state index contributed by atoms with van der Waals surface area (Å²) in [7, 11) is -3.44. The van der Waals surface area contributed by atoms with Crippen LogP contribution in [0.3, 0.4) is 0 Å². The lowest BCUT2D eigenvalue weighted by atomic mass is 9.93. The van der Waals surface area contributed by atoms with Crippen LogP contribution in [0.15, 0.2) is 24.7 Å². The molecule has 0 aliphatic carbocycles. The van der Waals surface area contributed by atoms with Gasteiger partial charge < -0.3 is 4.98 Å². The number of hydrogen-bond donors (Lipinski definition) is 2. The van der Waals surface area contributed by atoms with E-state index in [1.807, 2.05) is 6.92 Å². The van der Waals surface area contributed by atoms with E-state index in [2.05, 4.69) is 14.7 Å². The molecule has 2 rings (SSSR count). The van der Waals surface area contributed by atoms with Crippen LogP contribution in [0.2, 0.25) is 0 Å². The van der Waals surface area contributed by atoms with E-state index in [1.165, 1.54) is 19.1 Å². The maximum Gasteiger partial charge on any atom is 0.232 e. The van der Waals surface area contributed by atoms with Crippen molar-refractivity contribution in [3.8, 4) is 0 Å². The fourth-order valence-electron chi connectivity index (χ4n) is 2.17. The topological polar surface area (TPSA) is 74.8 Å². The minimum atomic E-state index is -3.44. The summed E-state index contributed by atoms with van der Waals surface area (Å²) < 4.78 is 39.6. The van der Waals surface area contributed by atoms with Crippen molar-refractivity contribution in [1.82, 2.24) is 9.97 Å². The summed E-state index contributed by atoms with van der Waals surface area (Å²) in [4.78, 5) is 6.94. The Hall–Kier alpha value is -1.89. The van der Waals surface area contributed by atoms with E-state index in [9.17, 15) is 12.8 Å². The molecule has 0 radical (unpaired) electrons. The summed E-state index contributed by atoms with van der Waals surface area (Å²) in [5, 5.41) is 0. The second-order valence-electron chi connectivity index (χ2n) is 4.90. The molecule has 0 aliphatic heterocycles. The van der Waals surface area contributed by atoms with Gasteiger partial charge >= 0.3 is 0 Å². The zero-order valence-electron chi connectivity index (χ0n) is 12.1. The van der Waals surface area contributed by atoms with Crippen LogP contribution in [0.4, 0.5) is 10.1 Å². The third-order valence-electron chi connectivity index (χ3n) is 3.51. The van der Waals surface area contributed by atoms with Crippen LogP contribution >= 0.6 is 0 Å². The first kappa shape index (κ1) is 15.5. The van der Waals surface area contributed by atoms with E-state index in [-0.39, 0.29) is 17.4 Å². The van der Waals surface area contributed by atoms with Gasteiger partial charge in [0.05, 0.1) is 17.8 Å². The Kier molecular flexibility index (Phi) is 4.32. The number of nitrogens with zero attached hydrogens (tertiary/aromatic N) is 1. The number of aromatic amines is 1. The maximum atomic E-state index is 13.8. The zero-order chi connectivity index (χ0) is 15.6. The molecule has 2 N–H and O–H groups in total. The van der Waals surface area contributed by atoms with E-state index in [1.54, 1.807) is 19.4 Å². The van der Waals surface area contributed by atoms with Crippen molar-refractivity contribution in [3.63, 3.8) is 0 Å². The van der Waals surface area contributed by atoms with Gasteiger partial charge in [-0.05, 0) is 37.1 Å². The zero-order valence-corrected chi connectivity index (χ0v) is 13.0. The van der Waals surface area contributed by atoms with Crippen LogP contribution in [0.1, 0.15) is 36.6 Å². The summed E-state index contributed by atoms with van der Waals surface area (Å²) >= 11 is 0. The lowest BCUT2D eigenvalue weighted by Gasteiger charge is -2.17. The third kappa shape index (κ3) is 3.41. The largest absolute Gasteiger partial charge is 0.348 e. The Morgan fingerprint density at radius 1 is 1.43 bits per heavy atom. The van der Waals surface area contributed by atoms with Crippen molar-refractivity contribution < 1.29 is 12.8 Å². The van der Waals surface area contributed by atoms with Crippen LogP contribution in [-0.4, -0.2) is 24.1 Å². The monoisotopic (exact) mass is 311 g/mol. The molecule has 5 nitrogen and oxygen atoms in total. The Labute approximate surface area is 123 Å². The molecule has 7 heteroatoms. The second kappa shape index (κ2) is 5.85. The van der Waals surface area contributed by atoms with Crippen molar-refractivity contribution in [2.45, 2.75) is 26.7 Å². The number of sulfonamides is 1. The summed E-state index contributed by atoms with van der Waals surface area (Å²) in [6.07, 6.45) is 3.23. The second-order valence-corrected chi connectivity index (χ2v) is 6.91. The van der Waals surface area contributed by atoms with Gasteiger partial charge in [0.25, 0.3) is 0 Å². The van der Waals surface area contributed by atoms with Gasteiger partial charge in [-0.1, -0.05) is 6.92 Å². The molecule has 1 unspecified atom stereocenters. The molecule has 114 valence electrons. The normalized spacial score (nSPS) is 13.1. The molecular formula is C14H18FN3O2S. The van der Waals surface area contributed by atoms with Crippen LogP contribution < -0.4 is 4.72 Å². The van der Waals surface area contributed by atoms with Crippen LogP contribution in [0.5, 0.6) is 0 Å². The minimum absolute atomic E-state index is 0.0611. The molecule has 0 saturated heterocycles. The first-order valence-electron chi connectivity index (χ1n) is 6.63. The summed E-state index contributed by atoms with van der Waals surface area (Å²) in [5.41, 5.74) is 2.54.